The van der Waals surface area contributed by atoms with E-state index in [1.807, 2.05) is 43.3 Å². The number of carbonyl (C=O) groups excluding carboxylic acids is 1. The van der Waals surface area contributed by atoms with Crippen LogP contribution in [-0.2, 0) is 16.6 Å². The van der Waals surface area contributed by atoms with Gasteiger partial charge in [0.25, 0.3) is 5.91 Å². The maximum absolute atomic E-state index is 12.9. The second-order valence-corrected chi connectivity index (χ2v) is 11.0. The van der Waals surface area contributed by atoms with Gasteiger partial charge in [0, 0.05) is 36.6 Å². The molecule has 1 amide bonds. The lowest BCUT2D eigenvalue weighted by molar-refractivity contribution is 0.0939. The van der Waals surface area contributed by atoms with Gasteiger partial charge in [0.05, 0.1) is 10.9 Å². The maximum atomic E-state index is 12.9. The van der Waals surface area contributed by atoms with Crippen molar-refractivity contribution in [3.63, 3.8) is 0 Å². The fourth-order valence-electron chi connectivity index (χ4n) is 4.02. The van der Waals surface area contributed by atoms with Crippen molar-refractivity contribution in [3.8, 4) is 5.75 Å². The zero-order valence-corrected chi connectivity index (χ0v) is 20.9. The Hall–Kier alpha value is -3.23. The van der Waals surface area contributed by atoms with Crippen molar-refractivity contribution in [2.75, 3.05) is 13.1 Å². The molecule has 1 atom stereocenters. The molecule has 1 N–H and O–H groups in total. The molecule has 0 radical (unpaired) electrons. The summed E-state index contributed by atoms with van der Waals surface area (Å²) in [5.74, 6) is 1.02. The van der Waals surface area contributed by atoms with Gasteiger partial charge < -0.3 is 10.1 Å². The molecule has 1 aliphatic heterocycles. The Labute approximate surface area is 207 Å². The number of carbonyl (C=O) groups is 1. The Bertz CT molecular complexity index is 1220. The van der Waals surface area contributed by atoms with Crippen LogP contribution in [0.3, 0.4) is 0 Å². The summed E-state index contributed by atoms with van der Waals surface area (Å²) >= 11 is 0. The number of ether oxygens (including phenoxy) is 1. The van der Waals surface area contributed by atoms with Crippen LogP contribution in [0.5, 0.6) is 5.75 Å². The molecule has 184 valence electrons. The highest BCUT2D eigenvalue weighted by Gasteiger charge is 2.28. The normalized spacial score (nSPS) is 15.9. The molecular formula is C27H31N3O4S. The van der Waals surface area contributed by atoms with E-state index in [4.69, 9.17) is 4.74 Å². The second kappa shape index (κ2) is 11.0. The fraction of sp³-hybridized carbons (Fsp3) is 0.333. The summed E-state index contributed by atoms with van der Waals surface area (Å²) in [4.78, 5) is 17.0. The predicted octanol–water partition coefficient (Wildman–Crippen LogP) is 4.57. The Morgan fingerprint density at radius 2 is 1.77 bits per heavy atom. The Balaban J connectivity index is 1.33. The third-order valence-corrected chi connectivity index (χ3v) is 8.27. The van der Waals surface area contributed by atoms with Crippen LogP contribution >= 0.6 is 0 Å². The molecule has 0 bridgehead atoms. The molecule has 1 aromatic heterocycles. The van der Waals surface area contributed by atoms with E-state index in [2.05, 4.69) is 17.2 Å². The number of benzene rings is 2. The van der Waals surface area contributed by atoms with Gasteiger partial charge in [0.2, 0.25) is 10.0 Å². The lowest BCUT2D eigenvalue weighted by Crippen LogP contribution is -2.37. The molecule has 1 unspecified atom stereocenters. The zero-order valence-electron chi connectivity index (χ0n) is 20.1. The van der Waals surface area contributed by atoms with Crippen molar-refractivity contribution in [2.24, 2.45) is 5.92 Å². The van der Waals surface area contributed by atoms with Crippen molar-refractivity contribution in [1.82, 2.24) is 14.6 Å². The molecule has 1 fully saturated rings. The average molecular weight is 494 g/mol. The highest BCUT2D eigenvalue weighted by molar-refractivity contribution is 7.89. The monoisotopic (exact) mass is 493 g/mol. The highest BCUT2D eigenvalue weighted by atomic mass is 32.2. The smallest absolute Gasteiger partial charge is 0.251 e. The van der Waals surface area contributed by atoms with Gasteiger partial charge in [-0.1, -0.05) is 25.1 Å². The van der Waals surface area contributed by atoms with E-state index >= 15 is 0 Å². The first kappa shape index (κ1) is 24.9. The molecule has 3 aromatic rings. The van der Waals surface area contributed by atoms with E-state index < -0.39 is 10.0 Å². The van der Waals surface area contributed by atoms with Crippen molar-refractivity contribution < 1.29 is 17.9 Å². The van der Waals surface area contributed by atoms with E-state index in [-0.39, 0.29) is 16.8 Å². The Morgan fingerprint density at radius 1 is 1.09 bits per heavy atom. The lowest BCUT2D eigenvalue weighted by atomic mass is 10.0. The molecule has 0 aliphatic carbocycles. The third-order valence-electron chi connectivity index (χ3n) is 6.35. The van der Waals surface area contributed by atoms with Crippen LogP contribution in [0.1, 0.15) is 54.2 Å². The molecular weight excluding hydrogens is 462 g/mol. The number of hydrogen-bond donors (Lipinski definition) is 1. The summed E-state index contributed by atoms with van der Waals surface area (Å²) in [5.41, 5.74) is 2.34. The van der Waals surface area contributed by atoms with E-state index in [1.54, 1.807) is 24.5 Å². The van der Waals surface area contributed by atoms with Crippen molar-refractivity contribution >= 4 is 15.9 Å². The van der Waals surface area contributed by atoms with Crippen LogP contribution in [0.2, 0.25) is 0 Å². The fourth-order valence-corrected chi connectivity index (χ4v) is 5.49. The van der Waals surface area contributed by atoms with Gasteiger partial charge in [-0.2, -0.15) is 4.31 Å². The van der Waals surface area contributed by atoms with E-state index in [9.17, 15) is 13.2 Å². The summed E-state index contributed by atoms with van der Waals surface area (Å²) in [6.45, 7) is 5.55. The number of sulfonamides is 1. The minimum absolute atomic E-state index is 0.221. The first-order valence-electron chi connectivity index (χ1n) is 11.9. The standard InChI is InChI=1S/C27H31N3O4S/c1-20-13-16-30(17-14-20)35(32,33)26-11-7-24(8-12-26)27(31)29-21(2)23-5-9-25(10-6-23)34-19-22-4-3-15-28-18-22/h3-12,15,18,20-21H,13-14,16-17,19H2,1-2H3,(H,29,31). The number of nitrogens with one attached hydrogen (secondary N) is 1. The van der Waals surface area contributed by atoms with E-state index in [0.717, 1.165) is 29.7 Å². The van der Waals surface area contributed by atoms with E-state index in [1.165, 1.54) is 16.4 Å². The van der Waals surface area contributed by atoms with Gasteiger partial charge in [-0.3, -0.25) is 9.78 Å². The Kier molecular flexibility index (Phi) is 7.83. The third kappa shape index (κ3) is 6.26. The highest BCUT2D eigenvalue weighted by Crippen LogP contribution is 2.24. The predicted molar refractivity (Wildman–Crippen MR) is 134 cm³/mol. The van der Waals surface area contributed by atoms with Gasteiger partial charge in [-0.25, -0.2) is 8.42 Å². The van der Waals surface area contributed by atoms with Gasteiger partial charge in [-0.15, -0.1) is 0 Å². The van der Waals surface area contributed by atoms with Crippen molar-refractivity contribution in [2.45, 2.75) is 44.2 Å². The first-order valence-corrected chi connectivity index (χ1v) is 13.3. The minimum Gasteiger partial charge on any atom is -0.489 e. The number of piperidine rings is 1. The lowest BCUT2D eigenvalue weighted by Gasteiger charge is -2.29. The first-order chi connectivity index (χ1) is 16.8. The summed E-state index contributed by atoms with van der Waals surface area (Å²) in [6.07, 6.45) is 5.23. The molecule has 7 nitrogen and oxygen atoms in total. The van der Waals surface area contributed by atoms with Crippen LogP contribution in [0.25, 0.3) is 0 Å². The van der Waals surface area contributed by atoms with Gasteiger partial charge >= 0.3 is 0 Å². The molecule has 1 saturated heterocycles. The molecule has 1 aliphatic rings. The van der Waals surface area contributed by atoms with Gasteiger partial charge in [0.1, 0.15) is 12.4 Å². The number of nitrogens with zero attached hydrogens (tertiary/aromatic N) is 2. The average Bonchev–Trinajstić information content (AvgIpc) is 2.88. The number of amides is 1. The molecule has 2 aromatic carbocycles. The summed E-state index contributed by atoms with van der Waals surface area (Å²) in [5, 5.41) is 2.97. The van der Waals surface area contributed by atoms with Crippen molar-refractivity contribution in [3.05, 3.63) is 89.7 Å². The molecule has 0 spiro atoms. The molecule has 35 heavy (non-hydrogen) atoms. The Morgan fingerprint density at radius 3 is 2.40 bits per heavy atom. The summed E-state index contributed by atoms with van der Waals surface area (Å²) < 4.78 is 33.1. The largest absolute Gasteiger partial charge is 0.489 e. The van der Waals surface area contributed by atoms with E-state index in [0.29, 0.717) is 31.2 Å². The second-order valence-electron chi connectivity index (χ2n) is 9.03. The number of hydrogen-bond acceptors (Lipinski definition) is 5. The topological polar surface area (TPSA) is 88.6 Å². The molecule has 0 saturated carbocycles. The van der Waals surface area contributed by atoms with Crippen LogP contribution < -0.4 is 10.1 Å². The number of rotatable bonds is 8. The van der Waals surface area contributed by atoms with Gasteiger partial charge in [0.15, 0.2) is 0 Å². The summed E-state index contributed by atoms with van der Waals surface area (Å²) in [7, 11) is -3.53. The quantitative estimate of drug-likeness (QED) is 0.497. The van der Waals surface area contributed by atoms with Gasteiger partial charge in [-0.05, 0) is 73.7 Å². The zero-order chi connectivity index (χ0) is 24.8. The SMILES string of the molecule is CC1CCN(S(=O)(=O)c2ccc(C(=O)NC(C)c3ccc(OCc4cccnc4)cc3)cc2)CC1. The maximum Gasteiger partial charge on any atom is 0.251 e. The van der Waals surface area contributed by atoms with Crippen LogP contribution in [-0.4, -0.2) is 36.7 Å². The molecule has 4 rings (SSSR count). The summed E-state index contributed by atoms with van der Waals surface area (Å²) in [6, 6.07) is 17.3. The van der Waals surface area contributed by atoms with Crippen LogP contribution in [0.4, 0.5) is 0 Å². The van der Waals surface area contributed by atoms with Crippen LogP contribution in [0.15, 0.2) is 78.0 Å². The van der Waals surface area contributed by atoms with Crippen LogP contribution in [0, 0.1) is 5.92 Å². The molecule has 8 heteroatoms. The number of aromatic nitrogens is 1. The minimum atomic E-state index is -3.53. The number of pyridine rings is 1. The van der Waals surface area contributed by atoms with Crippen molar-refractivity contribution in [1.29, 1.82) is 0 Å². The molecule has 2 heterocycles.